The molecule has 0 unspecified atom stereocenters. The fourth-order valence-electron chi connectivity index (χ4n) is 2.87. The SMILES string of the molecule is C=CCN1C(=O)/C(=C/c2cc(Br)c(OCC(=O)Nc3ccc(C)cc3)c(OC)c2)SC1=S. The molecule has 1 fully saturated rings. The summed E-state index contributed by atoms with van der Waals surface area (Å²) in [4.78, 5) is 26.8. The molecule has 0 aliphatic carbocycles. The summed E-state index contributed by atoms with van der Waals surface area (Å²) in [6.45, 7) is 5.81. The minimum Gasteiger partial charge on any atom is -0.493 e. The molecule has 6 nitrogen and oxygen atoms in total. The normalized spacial score (nSPS) is 14.6. The number of methoxy groups -OCH3 is 1. The molecule has 2 aromatic carbocycles. The number of benzene rings is 2. The Bertz CT molecular complexity index is 1100. The molecule has 1 aliphatic heterocycles. The van der Waals surface area contributed by atoms with Gasteiger partial charge in [-0.05, 0) is 58.8 Å². The first kappa shape index (κ1) is 24.0. The van der Waals surface area contributed by atoms with Gasteiger partial charge in [-0.15, -0.1) is 6.58 Å². The van der Waals surface area contributed by atoms with E-state index in [0.717, 1.165) is 11.1 Å². The third-order valence-corrected chi connectivity index (χ3v) is 6.38. The number of thiocarbonyl (C=S) groups is 1. The lowest BCUT2D eigenvalue weighted by molar-refractivity contribution is -0.121. The second-order valence-corrected chi connectivity index (χ2v) is 9.35. The lowest BCUT2D eigenvalue weighted by atomic mass is 10.2. The largest absolute Gasteiger partial charge is 0.493 e. The van der Waals surface area contributed by atoms with Gasteiger partial charge in [-0.2, -0.15) is 0 Å². The molecule has 3 rings (SSSR count). The Morgan fingerprint density at radius 2 is 2.03 bits per heavy atom. The molecular formula is C23H21BrN2O4S2. The fourth-order valence-corrected chi connectivity index (χ4v) is 4.72. The third kappa shape index (κ3) is 5.79. The maximum atomic E-state index is 12.6. The molecule has 0 atom stereocenters. The number of carbonyl (C=O) groups is 2. The van der Waals surface area contributed by atoms with Gasteiger partial charge in [-0.3, -0.25) is 14.5 Å². The van der Waals surface area contributed by atoms with Gasteiger partial charge in [-0.25, -0.2) is 0 Å². The van der Waals surface area contributed by atoms with E-state index in [1.54, 1.807) is 24.3 Å². The van der Waals surface area contributed by atoms with Crippen LogP contribution >= 0.6 is 39.9 Å². The molecule has 2 aromatic rings. The van der Waals surface area contributed by atoms with E-state index in [-0.39, 0.29) is 18.4 Å². The van der Waals surface area contributed by atoms with Crippen molar-refractivity contribution in [1.29, 1.82) is 0 Å². The molecular weight excluding hydrogens is 512 g/mol. The van der Waals surface area contributed by atoms with E-state index < -0.39 is 0 Å². The predicted octanol–water partition coefficient (Wildman–Crippen LogP) is 5.17. The second kappa shape index (κ2) is 10.8. The molecule has 1 saturated heterocycles. The minimum absolute atomic E-state index is 0.164. The van der Waals surface area contributed by atoms with Gasteiger partial charge in [0.05, 0.1) is 16.5 Å². The highest BCUT2D eigenvalue weighted by atomic mass is 79.9. The number of thioether (sulfide) groups is 1. The third-order valence-electron chi connectivity index (χ3n) is 4.42. The van der Waals surface area contributed by atoms with E-state index in [4.69, 9.17) is 21.7 Å². The fraction of sp³-hybridized carbons (Fsp3) is 0.174. The first-order valence-electron chi connectivity index (χ1n) is 9.55. The quantitative estimate of drug-likeness (QED) is 0.287. The Kier molecular flexibility index (Phi) is 8.11. The first-order valence-corrected chi connectivity index (χ1v) is 11.6. The van der Waals surface area contributed by atoms with Crippen molar-refractivity contribution in [3.8, 4) is 11.5 Å². The van der Waals surface area contributed by atoms with Gasteiger partial charge in [0, 0.05) is 12.2 Å². The van der Waals surface area contributed by atoms with E-state index in [9.17, 15) is 9.59 Å². The first-order chi connectivity index (χ1) is 15.3. The van der Waals surface area contributed by atoms with Gasteiger partial charge < -0.3 is 14.8 Å². The van der Waals surface area contributed by atoms with Crippen molar-refractivity contribution < 1.29 is 19.1 Å². The topological polar surface area (TPSA) is 67.9 Å². The maximum absolute atomic E-state index is 12.6. The van der Waals surface area contributed by atoms with Crippen LogP contribution in [0.25, 0.3) is 6.08 Å². The van der Waals surface area contributed by atoms with Crippen LogP contribution in [-0.4, -0.2) is 41.3 Å². The van der Waals surface area contributed by atoms with Crippen LogP contribution in [0.1, 0.15) is 11.1 Å². The van der Waals surface area contributed by atoms with E-state index in [2.05, 4.69) is 27.8 Å². The molecule has 0 spiro atoms. The average molecular weight is 533 g/mol. The van der Waals surface area contributed by atoms with Crippen LogP contribution in [-0.2, 0) is 9.59 Å². The van der Waals surface area contributed by atoms with Crippen LogP contribution in [0.3, 0.4) is 0 Å². The summed E-state index contributed by atoms with van der Waals surface area (Å²) in [5.41, 5.74) is 2.53. The number of aryl methyl sites for hydroxylation is 1. The van der Waals surface area contributed by atoms with Crippen molar-refractivity contribution in [2.75, 3.05) is 25.6 Å². The van der Waals surface area contributed by atoms with Gasteiger partial charge in [0.2, 0.25) is 0 Å². The summed E-state index contributed by atoms with van der Waals surface area (Å²) in [5.74, 6) is 0.360. The van der Waals surface area contributed by atoms with E-state index >= 15 is 0 Å². The molecule has 2 amide bonds. The van der Waals surface area contributed by atoms with Crippen molar-refractivity contribution in [3.63, 3.8) is 0 Å². The van der Waals surface area contributed by atoms with Gasteiger partial charge >= 0.3 is 0 Å². The number of hydrogen-bond acceptors (Lipinski definition) is 6. The van der Waals surface area contributed by atoms with Gasteiger partial charge in [0.15, 0.2) is 18.1 Å². The number of nitrogens with one attached hydrogen (secondary N) is 1. The van der Waals surface area contributed by atoms with Crippen LogP contribution in [0.5, 0.6) is 11.5 Å². The summed E-state index contributed by atoms with van der Waals surface area (Å²) in [7, 11) is 1.51. The zero-order valence-corrected chi connectivity index (χ0v) is 20.7. The standard InChI is InChI=1S/C23H21BrN2O4S2/c1-4-9-26-22(28)19(32-23(26)31)12-15-10-17(24)21(18(11-15)29-3)30-13-20(27)25-16-7-5-14(2)6-8-16/h4-8,10-12H,1,9,13H2,2-3H3,(H,25,27)/b19-12-. The van der Waals surface area contributed by atoms with Crippen LogP contribution in [0, 0.1) is 6.92 Å². The monoisotopic (exact) mass is 532 g/mol. The number of anilines is 1. The molecule has 0 aromatic heterocycles. The summed E-state index contributed by atoms with van der Waals surface area (Å²) in [6, 6.07) is 11.0. The molecule has 0 radical (unpaired) electrons. The number of hydrogen-bond donors (Lipinski definition) is 1. The molecule has 0 bridgehead atoms. The Labute approximate surface area is 204 Å². The van der Waals surface area contributed by atoms with Crippen molar-refractivity contribution in [2.45, 2.75) is 6.92 Å². The van der Waals surface area contributed by atoms with Crippen molar-refractivity contribution in [1.82, 2.24) is 4.90 Å². The van der Waals surface area contributed by atoms with Crippen molar-refractivity contribution in [3.05, 3.63) is 69.6 Å². The average Bonchev–Trinajstić information content (AvgIpc) is 3.02. The highest BCUT2D eigenvalue weighted by Gasteiger charge is 2.31. The lowest BCUT2D eigenvalue weighted by Gasteiger charge is -2.14. The zero-order chi connectivity index (χ0) is 23.3. The Morgan fingerprint density at radius 3 is 2.69 bits per heavy atom. The molecule has 1 N–H and O–H groups in total. The number of rotatable bonds is 8. The molecule has 1 heterocycles. The summed E-state index contributed by atoms with van der Waals surface area (Å²) >= 11 is 9.98. The van der Waals surface area contributed by atoms with E-state index in [0.29, 0.717) is 37.4 Å². The lowest BCUT2D eigenvalue weighted by Crippen LogP contribution is -2.27. The van der Waals surface area contributed by atoms with E-state index in [1.165, 1.54) is 23.8 Å². The minimum atomic E-state index is -0.294. The number of carbonyl (C=O) groups excluding carboxylic acids is 2. The second-order valence-electron chi connectivity index (χ2n) is 6.82. The summed E-state index contributed by atoms with van der Waals surface area (Å²) < 4.78 is 12.2. The van der Waals surface area contributed by atoms with E-state index in [1.807, 2.05) is 31.2 Å². The van der Waals surface area contributed by atoms with Crippen LogP contribution < -0.4 is 14.8 Å². The van der Waals surface area contributed by atoms with Gasteiger partial charge in [-0.1, -0.05) is 47.8 Å². The molecule has 1 aliphatic rings. The Balaban J connectivity index is 1.73. The predicted molar refractivity (Wildman–Crippen MR) is 136 cm³/mol. The number of amides is 2. The molecule has 166 valence electrons. The van der Waals surface area contributed by atoms with Gasteiger partial charge in [0.25, 0.3) is 11.8 Å². The molecule has 9 heteroatoms. The maximum Gasteiger partial charge on any atom is 0.266 e. The summed E-state index contributed by atoms with van der Waals surface area (Å²) in [6.07, 6.45) is 3.37. The zero-order valence-electron chi connectivity index (χ0n) is 17.5. The number of nitrogens with zero attached hydrogens (tertiary/aromatic N) is 1. The van der Waals surface area contributed by atoms with Crippen LogP contribution in [0.15, 0.2) is 58.4 Å². The Morgan fingerprint density at radius 1 is 1.31 bits per heavy atom. The highest BCUT2D eigenvalue weighted by molar-refractivity contribution is 9.10. The molecule has 0 saturated carbocycles. The smallest absolute Gasteiger partial charge is 0.266 e. The van der Waals surface area contributed by atoms with Gasteiger partial charge in [0.1, 0.15) is 4.32 Å². The molecule has 32 heavy (non-hydrogen) atoms. The van der Waals surface area contributed by atoms with Crippen LogP contribution in [0.2, 0.25) is 0 Å². The van der Waals surface area contributed by atoms with Crippen molar-refractivity contribution in [2.24, 2.45) is 0 Å². The van der Waals surface area contributed by atoms with Crippen LogP contribution in [0.4, 0.5) is 5.69 Å². The number of ether oxygens (including phenoxy) is 2. The number of halogens is 1. The summed E-state index contributed by atoms with van der Waals surface area (Å²) in [5, 5.41) is 2.79. The highest BCUT2D eigenvalue weighted by Crippen LogP contribution is 2.39. The van der Waals surface area contributed by atoms with Crippen molar-refractivity contribution >= 4 is 67.8 Å². The Hall–Kier alpha value is -2.62.